The van der Waals surface area contributed by atoms with Crippen molar-refractivity contribution in [3.05, 3.63) is 34.9 Å². The summed E-state index contributed by atoms with van der Waals surface area (Å²) in [4.78, 5) is 0. The first-order valence-corrected chi connectivity index (χ1v) is 12.8. The zero-order valence-corrected chi connectivity index (χ0v) is 20.3. The monoisotopic (exact) mass is 428 g/mol. The first-order valence-electron chi connectivity index (χ1n) is 12.8. The third kappa shape index (κ3) is 3.60. The predicted molar refractivity (Wildman–Crippen MR) is 126 cm³/mol. The Morgan fingerprint density at radius 1 is 1.13 bits per heavy atom. The molecule has 7 atom stereocenters. The van der Waals surface area contributed by atoms with E-state index < -0.39 is 17.8 Å². The molecule has 2 saturated carbocycles. The molecule has 0 spiro atoms. The van der Waals surface area contributed by atoms with Crippen molar-refractivity contribution in [1.29, 1.82) is 0 Å². The summed E-state index contributed by atoms with van der Waals surface area (Å²) in [5.41, 5.74) is 3.83. The van der Waals surface area contributed by atoms with Crippen molar-refractivity contribution in [3.63, 3.8) is 0 Å². The molecule has 3 nitrogen and oxygen atoms in total. The normalized spacial score (nSPS) is 40.8. The average Bonchev–Trinajstić information content (AvgIpc) is 3.10. The number of rotatable bonds is 6. The highest BCUT2D eigenvalue weighted by molar-refractivity contribution is 5.43. The van der Waals surface area contributed by atoms with E-state index in [1.807, 2.05) is 0 Å². The molecule has 0 aromatic carbocycles. The van der Waals surface area contributed by atoms with Crippen molar-refractivity contribution in [1.82, 2.24) is 0 Å². The summed E-state index contributed by atoms with van der Waals surface area (Å²) in [5, 5.41) is 32.0. The van der Waals surface area contributed by atoms with Gasteiger partial charge in [0.1, 0.15) is 0 Å². The quantitative estimate of drug-likeness (QED) is 0.475. The van der Waals surface area contributed by atoms with Gasteiger partial charge < -0.3 is 15.3 Å². The summed E-state index contributed by atoms with van der Waals surface area (Å²) in [6.07, 6.45) is 14.4. The van der Waals surface area contributed by atoms with Gasteiger partial charge in [-0.25, -0.2) is 0 Å². The van der Waals surface area contributed by atoms with Crippen LogP contribution in [0, 0.1) is 28.6 Å². The van der Waals surface area contributed by atoms with Gasteiger partial charge in [-0.1, -0.05) is 69.6 Å². The lowest BCUT2D eigenvalue weighted by molar-refractivity contribution is -0.0493. The van der Waals surface area contributed by atoms with Crippen molar-refractivity contribution in [2.75, 3.05) is 0 Å². The number of allylic oxidation sites excluding steroid dienone is 5. The van der Waals surface area contributed by atoms with Crippen molar-refractivity contribution >= 4 is 0 Å². The number of aliphatic hydroxyl groups is 3. The summed E-state index contributed by atoms with van der Waals surface area (Å²) in [5.74, 6) is 1.41. The maximum Gasteiger partial charge on any atom is 0.0661 e. The van der Waals surface area contributed by atoms with Gasteiger partial charge in [-0.2, -0.15) is 0 Å². The molecular formula is C28H44O3. The minimum Gasteiger partial charge on any atom is -0.393 e. The molecule has 31 heavy (non-hydrogen) atoms. The summed E-state index contributed by atoms with van der Waals surface area (Å²) in [6.45, 7) is 11.3. The molecule has 0 radical (unpaired) electrons. The van der Waals surface area contributed by atoms with Crippen molar-refractivity contribution in [2.24, 2.45) is 28.6 Å². The number of fused-ring (bicyclic) bond motifs is 5. The van der Waals surface area contributed by atoms with Crippen LogP contribution in [0.4, 0.5) is 0 Å². The Bertz CT molecular complexity index is 788. The van der Waals surface area contributed by atoms with E-state index in [4.69, 9.17) is 0 Å². The van der Waals surface area contributed by atoms with E-state index in [1.54, 1.807) is 5.57 Å². The van der Waals surface area contributed by atoms with E-state index in [1.165, 1.54) is 17.6 Å². The van der Waals surface area contributed by atoms with Gasteiger partial charge in [0.15, 0.2) is 0 Å². The Kier molecular flexibility index (Phi) is 6.12. The molecule has 0 bridgehead atoms. The van der Waals surface area contributed by atoms with Crippen LogP contribution in [0.15, 0.2) is 34.9 Å². The maximum atomic E-state index is 11.0. The smallest absolute Gasteiger partial charge is 0.0661 e. The molecule has 4 aliphatic rings. The molecule has 0 heterocycles. The molecular weight excluding hydrogens is 384 g/mol. The van der Waals surface area contributed by atoms with Crippen LogP contribution in [0.2, 0.25) is 0 Å². The van der Waals surface area contributed by atoms with Crippen LogP contribution in [-0.4, -0.2) is 33.1 Å². The van der Waals surface area contributed by atoms with E-state index >= 15 is 0 Å². The number of hydrogen-bond acceptors (Lipinski definition) is 3. The summed E-state index contributed by atoms with van der Waals surface area (Å²) in [7, 11) is 0. The number of hydrogen-bond donors (Lipinski definition) is 3. The molecule has 3 heteroatoms. The highest BCUT2D eigenvalue weighted by Crippen LogP contribution is 2.64. The standard InChI is InChI=1S/C28H44O3/c1-6-28(31,7-2)15-12-18(3)22-10-11-23-21-9-8-19-16-20(29)17-25(30)27(19,5)24(21)13-14-26(22,23)4/h8-10,18,20,23-25,29-31H,6-7,11-17H2,1-5H3. The maximum absolute atomic E-state index is 11.0. The molecule has 4 rings (SSSR count). The Balaban J connectivity index is 1.55. The SMILES string of the molecule is CCC(O)(CC)CCC(C)C1=CCC2C3=CC=C4CC(O)CC(O)C4(C)C3CCC12C. The molecule has 0 saturated heterocycles. The highest BCUT2D eigenvalue weighted by Gasteiger charge is 2.57. The molecule has 0 aliphatic heterocycles. The first kappa shape index (κ1) is 23.3. The molecule has 174 valence electrons. The molecule has 3 N–H and O–H groups in total. The summed E-state index contributed by atoms with van der Waals surface area (Å²) >= 11 is 0. The van der Waals surface area contributed by atoms with Gasteiger partial charge in [0, 0.05) is 11.8 Å². The Morgan fingerprint density at radius 3 is 2.52 bits per heavy atom. The fourth-order valence-corrected chi connectivity index (χ4v) is 7.68. The fourth-order valence-electron chi connectivity index (χ4n) is 7.68. The predicted octanol–water partition coefficient (Wildman–Crippen LogP) is 5.70. The minimum atomic E-state index is -0.519. The lowest BCUT2D eigenvalue weighted by Gasteiger charge is -2.56. The van der Waals surface area contributed by atoms with Crippen LogP contribution in [0.25, 0.3) is 0 Å². The Labute approximate surface area is 189 Å². The highest BCUT2D eigenvalue weighted by atomic mass is 16.3. The van der Waals surface area contributed by atoms with Crippen molar-refractivity contribution < 1.29 is 15.3 Å². The zero-order valence-electron chi connectivity index (χ0n) is 20.3. The molecule has 0 aromatic heterocycles. The average molecular weight is 429 g/mol. The van der Waals surface area contributed by atoms with Crippen molar-refractivity contribution in [2.45, 2.75) is 110 Å². The first-order chi connectivity index (χ1) is 14.6. The van der Waals surface area contributed by atoms with E-state index in [0.717, 1.165) is 38.5 Å². The lowest BCUT2D eigenvalue weighted by atomic mass is 9.49. The fraction of sp³-hybridized carbons (Fsp3) is 0.786. The van der Waals surface area contributed by atoms with E-state index in [2.05, 4.69) is 52.8 Å². The molecule has 0 aromatic rings. The van der Waals surface area contributed by atoms with Crippen LogP contribution in [0.5, 0.6) is 0 Å². The third-order valence-electron chi connectivity index (χ3n) is 10.2. The molecule has 4 aliphatic carbocycles. The molecule has 7 unspecified atom stereocenters. The van der Waals surface area contributed by atoms with Crippen LogP contribution in [0.1, 0.15) is 92.4 Å². The topological polar surface area (TPSA) is 60.7 Å². The summed E-state index contributed by atoms with van der Waals surface area (Å²) in [6, 6.07) is 0. The second-order valence-electron chi connectivity index (χ2n) is 11.6. The van der Waals surface area contributed by atoms with Crippen molar-refractivity contribution in [3.8, 4) is 0 Å². The van der Waals surface area contributed by atoms with Gasteiger partial charge in [-0.3, -0.25) is 0 Å². The van der Waals surface area contributed by atoms with Gasteiger partial charge in [0.2, 0.25) is 0 Å². The van der Waals surface area contributed by atoms with Crippen LogP contribution in [-0.2, 0) is 0 Å². The molecule has 0 amide bonds. The lowest BCUT2D eigenvalue weighted by Crippen LogP contribution is -2.52. The van der Waals surface area contributed by atoms with Gasteiger partial charge in [-0.15, -0.1) is 0 Å². The number of aliphatic hydroxyl groups excluding tert-OH is 2. The molecule has 2 fully saturated rings. The van der Waals surface area contributed by atoms with Crippen LogP contribution < -0.4 is 0 Å². The second-order valence-corrected chi connectivity index (χ2v) is 11.6. The van der Waals surface area contributed by atoms with Crippen LogP contribution >= 0.6 is 0 Å². The third-order valence-corrected chi connectivity index (χ3v) is 10.2. The zero-order chi connectivity index (χ0) is 22.6. The second kappa shape index (κ2) is 8.15. The van der Waals surface area contributed by atoms with Gasteiger partial charge in [0.25, 0.3) is 0 Å². The summed E-state index contributed by atoms with van der Waals surface area (Å²) < 4.78 is 0. The van der Waals surface area contributed by atoms with E-state index in [9.17, 15) is 15.3 Å². The van der Waals surface area contributed by atoms with E-state index in [-0.39, 0.29) is 10.8 Å². The van der Waals surface area contributed by atoms with Gasteiger partial charge >= 0.3 is 0 Å². The van der Waals surface area contributed by atoms with Gasteiger partial charge in [-0.05, 0) is 74.5 Å². The Morgan fingerprint density at radius 2 is 1.84 bits per heavy atom. The largest absolute Gasteiger partial charge is 0.393 e. The van der Waals surface area contributed by atoms with E-state index in [0.29, 0.717) is 30.6 Å². The Hall–Kier alpha value is -0.900. The minimum absolute atomic E-state index is 0.194. The van der Waals surface area contributed by atoms with Gasteiger partial charge in [0.05, 0.1) is 17.8 Å². The van der Waals surface area contributed by atoms with Crippen LogP contribution in [0.3, 0.4) is 0 Å².